The Bertz CT molecular complexity index is 4360. The van der Waals surface area contributed by atoms with Gasteiger partial charge >= 0.3 is 0 Å². The van der Waals surface area contributed by atoms with E-state index in [1.807, 2.05) is 153 Å². The third kappa shape index (κ3) is 15.6. The molecular weight excluding hydrogens is 1090 g/mol. The number of pyridine rings is 3. The first kappa shape index (κ1) is 58.6. The molecule has 0 aliphatic rings. The first-order chi connectivity index (χ1) is 44.5. The highest BCUT2D eigenvalue weighted by Crippen LogP contribution is 2.35. The van der Waals surface area contributed by atoms with Crippen LogP contribution in [0.3, 0.4) is 0 Å². The Morgan fingerprint density at radius 1 is 0.222 bits per heavy atom. The van der Waals surface area contributed by atoms with Gasteiger partial charge in [0.1, 0.15) is 17.2 Å². The topological polar surface area (TPSA) is 57.1 Å². The molecule has 432 valence electrons. The van der Waals surface area contributed by atoms with Crippen LogP contribution in [0.25, 0.3) is 113 Å². The monoisotopic (exact) mass is 1160 g/mol. The fourth-order valence-corrected chi connectivity index (χ4v) is 10.4. The summed E-state index contributed by atoms with van der Waals surface area (Å²) in [6, 6.07) is 120. The van der Waals surface area contributed by atoms with E-state index in [4.69, 9.17) is 24.4 Å². The second kappa shape index (κ2) is 29.5. The molecule has 3 aromatic heterocycles. The zero-order valence-electron chi connectivity index (χ0n) is 50.0. The molecule has 0 spiro atoms. The first-order valence-corrected chi connectivity index (χ1v) is 30.3. The molecule has 14 rings (SSSR count). The van der Waals surface area contributed by atoms with Crippen molar-refractivity contribution in [3.05, 3.63) is 363 Å². The van der Waals surface area contributed by atoms with Crippen LogP contribution in [0.2, 0.25) is 0 Å². The summed E-state index contributed by atoms with van der Waals surface area (Å²) in [6.07, 6.45) is 4.29. The smallest absolute Gasteiger partial charge is 0.127 e. The molecule has 0 saturated heterocycles. The lowest BCUT2D eigenvalue weighted by Gasteiger charge is -2.11. The van der Waals surface area contributed by atoms with Crippen LogP contribution in [0.1, 0.15) is 18.1 Å². The fraction of sp³-hybridized carbons (Fsp3) is 0.0235. The fourth-order valence-electron chi connectivity index (χ4n) is 10.4. The van der Waals surface area contributed by atoms with E-state index in [2.05, 4.69) is 218 Å². The van der Waals surface area contributed by atoms with Crippen molar-refractivity contribution in [1.82, 2.24) is 15.0 Å². The predicted octanol–water partition coefficient (Wildman–Crippen LogP) is 22.6. The molecule has 0 N–H and O–H groups in total. The first-order valence-electron chi connectivity index (χ1n) is 30.3. The molecule has 0 bridgehead atoms. The van der Waals surface area contributed by atoms with E-state index in [-0.39, 0.29) is 0 Å². The maximum Gasteiger partial charge on any atom is 0.127 e. The highest BCUT2D eigenvalue weighted by atomic mass is 16.5. The number of rotatable bonds is 15. The maximum atomic E-state index is 5.94. The van der Waals surface area contributed by atoms with Crippen molar-refractivity contribution in [2.45, 2.75) is 6.92 Å². The molecule has 0 aliphatic carbocycles. The number of ether oxygens (including phenoxy) is 2. The molecule has 0 saturated carbocycles. The summed E-state index contributed by atoms with van der Waals surface area (Å²) in [4.78, 5) is 14.8. The summed E-state index contributed by atoms with van der Waals surface area (Å²) in [5, 5.41) is 0. The van der Waals surface area contributed by atoms with Crippen LogP contribution in [0.5, 0.6) is 17.2 Å². The van der Waals surface area contributed by atoms with Crippen molar-refractivity contribution in [2.24, 2.45) is 0 Å². The molecule has 5 heteroatoms. The van der Waals surface area contributed by atoms with Crippen LogP contribution in [-0.2, 0) is 0 Å². The van der Waals surface area contributed by atoms with Gasteiger partial charge in [0, 0.05) is 33.4 Å². The lowest BCUT2D eigenvalue weighted by Crippen LogP contribution is -1.92. The second-order valence-electron chi connectivity index (χ2n) is 21.3. The number of nitrogens with zero attached hydrogens (tertiary/aromatic N) is 3. The van der Waals surface area contributed by atoms with E-state index < -0.39 is 0 Å². The molecule has 14 aromatic rings. The Kier molecular flexibility index (Phi) is 19.2. The van der Waals surface area contributed by atoms with Gasteiger partial charge in [-0.25, -0.2) is 15.0 Å². The normalized spacial score (nSPS) is 10.7. The Morgan fingerprint density at radius 3 is 0.744 bits per heavy atom. The van der Waals surface area contributed by atoms with E-state index in [0.29, 0.717) is 6.61 Å². The van der Waals surface area contributed by atoms with Crippen LogP contribution < -0.4 is 9.47 Å². The van der Waals surface area contributed by atoms with Gasteiger partial charge in [-0.05, 0) is 124 Å². The van der Waals surface area contributed by atoms with Gasteiger partial charge in [-0.3, -0.25) is 0 Å². The summed E-state index contributed by atoms with van der Waals surface area (Å²) in [5.41, 5.74) is 21.8. The minimum atomic E-state index is 0.672. The molecule has 5 nitrogen and oxygen atoms in total. The average Bonchev–Trinajstić information content (AvgIpc) is 2.49. The van der Waals surface area contributed by atoms with Gasteiger partial charge in [0.05, 0.1) is 40.8 Å². The van der Waals surface area contributed by atoms with Crippen LogP contribution in [0.15, 0.2) is 352 Å². The average molecular weight is 1160 g/mol. The van der Waals surface area contributed by atoms with Crippen molar-refractivity contribution in [3.63, 3.8) is 0 Å². The molecular formula is C85H65N3O2. The maximum absolute atomic E-state index is 5.94. The Hall–Kier alpha value is -11.8. The number of aromatic nitrogens is 3. The predicted molar refractivity (Wildman–Crippen MR) is 375 cm³/mol. The summed E-state index contributed by atoms with van der Waals surface area (Å²) < 4.78 is 11.5. The zero-order chi connectivity index (χ0) is 60.9. The van der Waals surface area contributed by atoms with Crippen LogP contribution in [-0.4, -0.2) is 21.6 Å². The molecule has 0 atom stereocenters. The van der Waals surface area contributed by atoms with Crippen LogP contribution in [0.4, 0.5) is 0 Å². The van der Waals surface area contributed by atoms with Gasteiger partial charge in [-0.15, -0.1) is 0 Å². The highest BCUT2D eigenvalue weighted by Gasteiger charge is 2.13. The summed E-state index contributed by atoms with van der Waals surface area (Å²) in [7, 11) is 0. The molecule has 3 heterocycles. The lowest BCUT2D eigenvalue weighted by atomic mass is 9.99. The molecule has 0 fully saturated rings. The van der Waals surface area contributed by atoms with Gasteiger partial charge in [0.15, 0.2) is 0 Å². The minimum Gasteiger partial charge on any atom is -0.494 e. The molecule has 11 aromatic carbocycles. The van der Waals surface area contributed by atoms with Gasteiger partial charge in [0.25, 0.3) is 0 Å². The highest BCUT2D eigenvalue weighted by molar-refractivity contribution is 5.81. The third-order valence-electron chi connectivity index (χ3n) is 15.1. The Balaban J connectivity index is 0.000000131. The number of para-hydroxylation sites is 1. The van der Waals surface area contributed by atoms with Crippen LogP contribution in [0, 0.1) is 0 Å². The van der Waals surface area contributed by atoms with Gasteiger partial charge in [0.2, 0.25) is 0 Å². The molecule has 0 aliphatic heterocycles. The van der Waals surface area contributed by atoms with Crippen molar-refractivity contribution in [3.8, 4) is 118 Å². The van der Waals surface area contributed by atoms with E-state index in [1.54, 1.807) is 0 Å². The molecule has 90 heavy (non-hydrogen) atoms. The van der Waals surface area contributed by atoms with E-state index >= 15 is 0 Å². The Labute approximate surface area is 528 Å². The SMILES string of the molecule is C(=C\c1ccc(-c2cc(-c3ccccc3)nc(-c3ccccc3)c2)cc1)/c1ccccc1.CCOc1ccc(-c2cc(-c3ccccc3)nc(-c3ccccc3)c2)cc1.c1ccc(Oc2ccc(-c3cc(-c4ccccc4)nc(-c4ccccc4)c3)cc2)cc1. The Morgan fingerprint density at radius 2 is 0.456 bits per heavy atom. The number of hydrogen-bond donors (Lipinski definition) is 0. The summed E-state index contributed by atoms with van der Waals surface area (Å²) in [6.45, 7) is 2.67. The van der Waals surface area contributed by atoms with Crippen molar-refractivity contribution in [2.75, 3.05) is 6.61 Å². The second-order valence-corrected chi connectivity index (χ2v) is 21.3. The van der Waals surface area contributed by atoms with E-state index in [9.17, 15) is 0 Å². The van der Waals surface area contributed by atoms with Crippen molar-refractivity contribution >= 4 is 12.2 Å². The zero-order valence-corrected chi connectivity index (χ0v) is 50.0. The minimum absolute atomic E-state index is 0.672. The number of benzene rings is 11. The van der Waals surface area contributed by atoms with Crippen LogP contribution >= 0.6 is 0 Å². The summed E-state index contributed by atoms with van der Waals surface area (Å²) >= 11 is 0. The number of hydrogen-bond acceptors (Lipinski definition) is 5. The largest absolute Gasteiger partial charge is 0.494 e. The van der Waals surface area contributed by atoms with Crippen molar-refractivity contribution < 1.29 is 9.47 Å². The molecule has 0 unspecified atom stereocenters. The van der Waals surface area contributed by atoms with Gasteiger partial charge < -0.3 is 9.47 Å². The van der Waals surface area contributed by atoms with Crippen molar-refractivity contribution in [1.29, 1.82) is 0 Å². The quantitative estimate of drug-likeness (QED) is 0.0958. The summed E-state index contributed by atoms with van der Waals surface area (Å²) in [5.74, 6) is 2.54. The van der Waals surface area contributed by atoms with E-state index in [0.717, 1.165) is 113 Å². The molecule has 0 radical (unpaired) electrons. The van der Waals surface area contributed by atoms with Gasteiger partial charge in [-0.1, -0.05) is 291 Å². The van der Waals surface area contributed by atoms with E-state index in [1.165, 1.54) is 16.7 Å². The van der Waals surface area contributed by atoms with Gasteiger partial charge in [-0.2, -0.15) is 0 Å². The third-order valence-corrected chi connectivity index (χ3v) is 15.1. The molecule has 0 amide bonds. The lowest BCUT2D eigenvalue weighted by molar-refractivity contribution is 0.340. The standard InChI is InChI=1S/C31H23N.C29H21NO.C25H21NO/c1-4-10-24(11-5-1)16-17-25-18-20-26(21-19-25)29-22-30(27-12-6-2-7-13-27)32-31(23-29)28-14-8-3-9-15-28;1-4-10-23(11-5-1)28-20-25(21-29(30-28)24-12-6-2-7-13-24)22-16-18-27(19-17-22)31-26-14-8-3-9-15-26;1-2-27-23-15-13-19(14-16-23)22-17-24(20-9-5-3-6-10-20)26-25(18-22)21-11-7-4-8-12-21/h1-23H;1-21H;3-18H,2H2,1H3/b17-16+;;.